The number of fused-ring (bicyclic) bond motifs is 1. The molecule has 2 aliphatic heterocycles. The maximum absolute atomic E-state index is 11.4. The first-order chi connectivity index (χ1) is 8.19. The fraction of sp³-hybridized carbons (Fsp3) is 0.818. The van der Waals surface area contributed by atoms with Gasteiger partial charge in [0.15, 0.2) is 0 Å². The van der Waals surface area contributed by atoms with E-state index < -0.39 is 6.03 Å². The van der Waals surface area contributed by atoms with Gasteiger partial charge < -0.3 is 15.5 Å². The van der Waals surface area contributed by atoms with Gasteiger partial charge in [-0.25, -0.2) is 4.79 Å². The Morgan fingerprint density at radius 2 is 1.89 bits per heavy atom. The van der Waals surface area contributed by atoms with E-state index in [4.69, 9.17) is 0 Å². The van der Waals surface area contributed by atoms with E-state index in [1.54, 1.807) is 0 Å². The molecule has 2 rings (SSSR count). The summed E-state index contributed by atoms with van der Waals surface area (Å²) in [4.78, 5) is 24.6. The Bertz CT molecular complexity index is 301. The molecule has 0 radical (unpaired) electrons. The summed E-state index contributed by atoms with van der Waals surface area (Å²) in [5, 5.41) is 8.02. The minimum atomic E-state index is -0.433. The second-order valence-electron chi connectivity index (χ2n) is 4.82. The molecule has 104 valence electrons. The van der Waals surface area contributed by atoms with Crippen LogP contribution in [0.1, 0.15) is 6.42 Å². The van der Waals surface area contributed by atoms with Gasteiger partial charge in [-0.1, -0.05) is 0 Å². The highest BCUT2D eigenvalue weighted by Crippen LogP contribution is 2.25. The predicted octanol–water partition coefficient (Wildman–Crippen LogP) is -0.595. The smallest absolute Gasteiger partial charge is 0.321 e. The summed E-state index contributed by atoms with van der Waals surface area (Å²) < 4.78 is 0. The highest BCUT2D eigenvalue weighted by molar-refractivity contribution is 5.94. The topological polar surface area (TPSA) is 73.5 Å². The van der Waals surface area contributed by atoms with E-state index in [1.165, 1.54) is 7.05 Å². The third-order valence-corrected chi connectivity index (χ3v) is 3.60. The lowest BCUT2D eigenvalue weighted by molar-refractivity contribution is -0.120. The second-order valence-corrected chi connectivity index (χ2v) is 4.82. The van der Waals surface area contributed by atoms with Crippen molar-refractivity contribution in [2.24, 2.45) is 11.8 Å². The Balaban J connectivity index is 0.00000162. The van der Waals surface area contributed by atoms with Crippen molar-refractivity contribution in [1.29, 1.82) is 0 Å². The fourth-order valence-corrected chi connectivity index (χ4v) is 2.65. The van der Waals surface area contributed by atoms with Crippen LogP contribution in [0.3, 0.4) is 0 Å². The minimum Gasteiger partial charge on any atom is -0.341 e. The number of carbonyl (C=O) groups excluding carboxylic acids is 2. The van der Waals surface area contributed by atoms with Crippen molar-refractivity contribution in [2.45, 2.75) is 6.42 Å². The molecule has 0 aromatic heterocycles. The lowest BCUT2D eigenvalue weighted by Crippen LogP contribution is -2.39. The Hall–Kier alpha value is -0.850. The van der Waals surface area contributed by atoms with E-state index in [9.17, 15) is 9.59 Å². The quantitative estimate of drug-likeness (QED) is 0.644. The van der Waals surface area contributed by atoms with Crippen LogP contribution in [-0.2, 0) is 4.79 Å². The number of halogens is 1. The van der Waals surface area contributed by atoms with Gasteiger partial charge in [0.2, 0.25) is 5.91 Å². The largest absolute Gasteiger partial charge is 0.341 e. The van der Waals surface area contributed by atoms with Crippen LogP contribution in [0.25, 0.3) is 0 Å². The van der Waals surface area contributed by atoms with Gasteiger partial charge in [-0.15, -0.1) is 12.4 Å². The summed E-state index contributed by atoms with van der Waals surface area (Å²) in [7, 11) is 1.50. The zero-order valence-electron chi connectivity index (χ0n) is 10.6. The predicted molar refractivity (Wildman–Crippen MR) is 70.8 cm³/mol. The number of urea groups is 1. The molecule has 0 saturated carbocycles. The van der Waals surface area contributed by atoms with Crippen LogP contribution in [0, 0.1) is 11.8 Å². The number of imide groups is 1. The van der Waals surface area contributed by atoms with Crippen molar-refractivity contribution in [3.8, 4) is 0 Å². The number of nitrogens with zero attached hydrogens (tertiary/aromatic N) is 1. The van der Waals surface area contributed by atoms with E-state index in [-0.39, 0.29) is 18.3 Å². The van der Waals surface area contributed by atoms with Gasteiger partial charge in [-0.2, -0.15) is 0 Å². The summed E-state index contributed by atoms with van der Waals surface area (Å²) in [5.41, 5.74) is 0. The maximum Gasteiger partial charge on any atom is 0.321 e. The zero-order valence-corrected chi connectivity index (χ0v) is 11.4. The van der Waals surface area contributed by atoms with Crippen molar-refractivity contribution < 1.29 is 9.59 Å². The van der Waals surface area contributed by atoms with Crippen LogP contribution in [0.4, 0.5) is 4.79 Å². The fourth-order valence-electron chi connectivity index (χ4n) is 2.65. The normalized spacial score (nSPS) is 26.3. The van der Waals surface area contributed by atoms with Crippen molar-refractivity contribution in [1.82, 2.24) is 20.9 Å². The first-order valence-corrected chi connectivity index (χ1v) is 6.13. The molecule has 7 heteroatoms. The molecule has 0 aromatic rings. The maximum atomic E-state index is 11.4. The Morgan fingerprint density at radius 1 is 1.28 bits per heavy atom. The van der Waals surface area contributed by atoms with Crippen molar-refractivity contribution in [3.63, 3.8) is 0 Å². The molecule has 3 N–H and O–H groups in total. The number of nitrogens with one attached hydrogen (secondary N) is 3. The second kappa shape index (κ2) is 6.92. The molecule has 18 heavy (non-hydrogen) atoms. The van der Waals surface area contributed by atoms with Crippen LogP contribution in [0.2, 0.25) is 0 Å². The van der Waals surface area contributed by atoms with Gasteiger partial charge in [-0.05, 0) is 24.9 Å². The zero-order chi connectivity index (χ0) is 12.3. The number of rotatable bonds is 3. The lowest BCUT2D eigenvalue weighted by atomic mass is 10.0. The molecule has 2 aliphatic rings. The van der Waals surface area contributed by atoms with Crippen LogP contribution in [0.5, 0.6) is 0 Å². The molecule has 2 fully saturated rings. The molecular weight excluding hydrogens is 256 g/mol. The molecule has 2 heterocycles. The summed E-state index contributed by atoms with van der Waals surface area (Å²) in [5.74, 6) is 1.29. The van der Waals surface area contributed by atoms with Gasteiger partial charge in [-0.3, -0.25) is 10.1 Å². The third kappa shape index (κ3) is 3.83. The highest BCUT2D eigenvalue weighted by Gasteiger charge is 2.35. The van der Waals surface area contributed by atoms with Crippen LogP contribution in [-0.4, -0.2) is 56.6 Å². The van der Waals surface area contributed by atoms with E-state index in [2.05, 4.69) is 20.9 Å². The van der Waals surface area contributed by atoms with E-state index in [0.717, 1.165) is 44.6 Å². The monoisotopic (exact) mass is 276 g/mol. The van der Waals surface area contributed by atoms with Gasteiger partial charge in [0.25, 0.3) is 0 Å². The van der Waals surface area contributed by atoms with Gasteiger partial charge >= 0.3 is 6.03 Å². The Kier molecular flexibility index (Phi) is 5.84. The lowest BCUT2D eigenvalue weighted by Gasteiger charge is -2.16. The molecule has 6 nitrogen and oxygen atoms in total. The van der Waals surface area contributed by atoms with Gasteiger partial charge in [0.1, 0.15) is 0 Å². The number of hydrogen-bond acceptors (Lipinski definition) is 4. The van der Waals surface area contributed by atoms with Crippen LogP contribution < -0.4 is 16.0 Å². The minimum absolute atomic E-state index is 0. The summed E-state index contributed by atoms with van der Waals surface area (Å²) in [6, 6.07) is -0.433. The third-order valence-electron chi connectivity index (χ3n) is 3.60. The Morgan fingerprint density at radius 3 is 2.44 bits per heavy atom. The Labute approximate surface area is 113 Å². The molecule has 0 unspecified atom stereocenters. The SMILES string of the molecule is CNC(=O)NC(=O)CCN1C[C@H]2CNC[C@H]2C1.Cl. The summed E-state index contributed by atoms with van der Waals surface area (Å²) in [6.45, 7) is 5.10. The molecule has 0 aliphatic carbocycles. The van der Waals surface area contributed by atoms with Gasteiger partial charge in [0, 0.05) is 33.1 Å². The number of carbonyl (C=O) groups is 2. The molecule has 2 atom stereocenters. The van der Waals surface area contributed by atoms with E-state index in [1.807, 2.05) is 0 Å². The number of amides is 3. The van der Waals surface area contributed by atoms with Gasteiger partial charge in [0.05, 0.1) is 0 Å². The number of likely N-dealkylation sites (tertiary alicyclic amines) is 1. The first-order valence-electron chi connectivity index (χ1n) is 6.13. The molecule has 0 aromatic carbocycles. The van der Waals surface area contributed by atoms with Crippen molar-refractivity contribution in [3.05, 3.63) is 0 Å². The molecule has 0 bridgehead atoms. The molecule has 2 saturated heterocycles. The standard InChI is InChI=1S/C11H20N4O2.ClH/c1-12-11(17)14-10(16)2-3-15-6-8-4-13-5-9(8)7-15;/h8-9,13H,2-7H2,1H3,(H2,12,14,16,17);1H/t8-,9+;. The van der Waals surface area contributed by atoms with Crippen molar-refractivity contribution >= 4 is 24.3 Å². The molecular formula is C11H21ClN4O2. The summed E-state index contributed by atoms with van der Waals surface area (Å²) >= 11 is 0. The first kappa shape index (κ1) is 15.2. The summed E-state index contributed by atoms with van der Waals surface area (Å²) in [6.07, 6.45) is 0.389. The molecule has 0 spiro atoms. The van der Waals surface area contributed by atoms with Crippen LogP contribution in [0.15, 0.2) is 0 Å². The number of hydrogen-bond donors (Lipinski definition) is 3. The highest BCUT2D eigenvalue weighted by atomic mass is 35.5. The average Bonchev–Trinajstić information content (AvgIpc) is 2.86. The van der Waals surface area contributed by atoms with Crippen LogP contribution >= 0.6 is 12.4 Å². The van der Waals surface area contributed by atoms with E-state index in [0.29, 0.717) is 6.42 Å². The molecule has 3 amide bonds. The average molecular weight is 277 g/mol. The van der Waals surface area contributed by atoms with Crippen molar-refractivity contribution in [2.75, 3.05) is 39.8 Å². The van der Waals surface area contributed by atoms with E-state index >= 15 is 0 Å².